The summed E-state index contributed by atoms with van der Waals surface area (Å²) in [6.45, 7) is 0. The van der Waals surface area contributed by atoms with Crippen LogP contribution in [0.3, 0.4) is 0 Å². The van der Waals surface area contributed by atoms with Gasteiger partial charge in [-0.2, -0.15) is 13.2 Å². The third-order valence-electron chi connectivity index (χ3n) is 3.38. The zero-order valence-electron chi connectivity index (χ0n) is 12.0. The number of imidazole rings is 1. The lowest BCUT2D eigenvalue weighted by Gasteiger charge is -2.08. The van der Waals surface area contributed by atoms with E-state index in [4.69, 9.17) is 0 Å². The Hall–Kier alpha value is -2.83. The lowest BCUT2D eigenvalue weighted by molar-refractivity contribution is -0.142. The zero-order chi connectivity index (χ0) is 16.6. The van der Waals surface area contributed by atoms with Crippen molar-refractivity contribution in [2.75, 3.05) is 7.11 Å². The first-order valence-corrected chi connectivity index (χ1v) is 6.64. The molecule has 7 heteroatoms. The monoisotopic (exact) mass is 320 g/mol. The number of carbonyl (C=O) groups excluding carboxylic acids is 1. The van der Waals surface area contributed by atoms with Crippen molar-refractivity contribution in [1.82, 2.24) is 9.38 Å². The topological polar surface area (TPSA) is 43.6 Å². The molecule has 0 amide bonds. The van der Waals surface area contributed by atoms with E-state index in [-0.39, 0.29) is 5.65 Å². The van der Waals surface area contributed by atoms with Gasteiger partial charge in [0.25, 0.3) is 0 Å². The molecule has 0 aliphatic rings. The molecule has 1 aromatic carbocycles. The van der Waals surface area contributed by atoms with E-state index in [1.807, 2.05) is 0 Å². The van der Waals surface area contributed by atoms with Crippen LogP contribution >= 0.6 is 0 Å². The van der Waals surface area contributed by atoms with E-state index in [1.165, 1.54) is 37.6 Å². The third kappa shape index (κ3) is 2.77. The number of hydrogen-bond acceptors (Lipinski definition) is 3. The van der Waals surface area contributed by atoms with Gasteiger partial charge < -0.3 is 4.74 Å². The minimum absolute atomic E-state index is 0.201. The largest absolute Gasteiger partial charge is 0.465 e. The molecule has 0 saturated carbocycles. The summed E-state index contributed by atoms with van der Waals surface area (Å²) < 4.78 is 44.6. The molecule has 0 radical (unpaired) electrons. The van der Waals surface area contributed by atoms with Crippen LogP contribution < -0.4 is 0 Å². The molecule has 0 fully saturated rings. The van der Waals surface area contributed by atoms with Crippen LogP contribution in [0, 0.1) is 0 Å². The minimum Gasteiger partial charge on any atom is -0.465 e. The maximum atomic E-state index is 13.0. The number of halogens is 3. The summed E-state index contributed by atoms with van der Waals surface area (Å²) in [5, 5.41) is 0. The van der Waals surface area contributed by atoms with Gasteiger partial charge in [0.1, 0.15) is 11.3 Å². The first kappa shape index (κ1) is 15.1. The van der Waals surface area contributed by atoms with E-state index in [9.17, 15) is 18.0 Å². The van der Waals surface area contributed by atoms with Crippen LogP contribution in [0.1, 0.15) is 16.1 Å². The Kier molecular flexibility index (Phi) is 3.55. The summed E-state index contributed by atoms with van der Waals surface area (Å²) in [6.07, 6.45) is -3.14. The fourth-order valence-electron chi connectivity index (χ4n) is 2.28. The number of rotatable bonds is 2. The SMILES string of the molecule is COC(=O)c1ccc(-c2cn3c(C(F)(F)F)cccc3n2)cc1. The second-order valence-corrected chi connectivity index (χ2v) is 4.83. The molecule has 0 saturated heterocycles. The van der Waals surface area contributed by atoms with E-state index in [1.54, 1.807) is 12.1 Å². The summed E-state index contributed by atoms with van der Waals surface area (Å²) in [5.41, 5.74) is 0.760. The van der Waals surface area contributed by atoms with E-state index in [2.05, 4.69) is 9.72 Å². The lowest BCUT2D eigenvalue weighted by atomic mass is 10.1. The maximum absolute atomic E-state index is 13.0. The molecule has 0 aliphatic heterocycles. The highest BCUT2D eigenvalue weighted by atomic mass is 19.4. The Morgan fingerprint density at radius 1 is 1.13 bits per heavy atom. The van der Waals surface area contributed by atoms with Gasteiger partial charge in [-0.1, -0.05) is 18.2 Å². The average molecular weight is 320 g/mol. The molecule has 0 atom stereocenters. The predicted molar refractivity (Wildman–Crippen MR) is 77.0 cm³/mol. The van der Waals surface area contributed by atoms with Crippen LogP contribution in [0.4, 0.5) is 13.2 Å². The molecular formula is C16H11F3N2O2. The molecule has 4 nitrogen and oxygen atoms in total. The zero-order valence-corrected chi connectivity index (χ0v) is 12.0. The molecule has 3 aromatic rings. The molecule has 0 N–H and O–H groups in total. The number of nitrogens with zero attached hydrogens (tertiary/aromatic N) is 2. The first-order chi connectivity index (χ1) is 10.9. The van der Waals surface area contributed by atoms with Crippen molar-refractivity contribution in [3.63, 3.8) is 0 Å². The number of esters is 1. The van der Waals surface area contributed by atoms with E-state index < -0.39 is 17.8 Å². The molecule has 0 bridgehead atoms. The number of carbonyl (C=O) groups is 1. The Bertz CT molecular complexity index is 867. The summed E-state index contributed by atoms with van der Waals surface area (Å²) in [6, 6.07) is 10.1. The van der Waals surface area contributed by atoms with Gasteiger partial charge in [-0.15, -0.1) is 0 Å². The van der Waals surface area contributed by atoms with Gasteiger partial charge in [0.2, 0.25) is 0 Å². The highest BCUT2D eigenvalue weighted by Crippen LogP contribution is 2.31. The lowest BCUT2D eigenvalue weighted by Crippen LogP contribution is -2.10. The molecule has 2 aromatic heterocycles. The molecule has 3 rings (SSSR count). The van der Waals surface area contributed by atoms with Gasteiger partial charge in [0.15, 0.2) is 0 Å². The van der Waals surface area contributed by atoms with Gasteiger partial charge in [-0.05, 0) is 24.3 Å². The van der Waals surface area contributed by atoms with E-state index in [0.717, 1.165) is 10.5 Å². The number of hydrogen-bond donors (Lipinski definition) is 0. The Labute approximate surface area is 129 Å². The van der Waals surface area contributed by atoms with Gasteiger partial charge in [-0.3, -0.25) is 4.40 Å². The minimum atomic E-state index is -4.47. The summed E-state index contributed by atoms with van der Waals surface area (Å²) in [7, 11) is 1.27. The van der Waals surface area contributed by atoms with Crippen LogP contribution in [0.25, 0.3) is 16.9 Å². The van der Waals surface area contributed by atoms with Crippen molar-refractivity contribution in [3.8, 4) is 11.3 Å². The van der Waals surface area contributed by atoms with Crippen LogP contribution in [0.15, 0.2) is 48.7 Å². The number of pyridine rings is 1. The Morgan fingerprint density at radius 2 is 1.83 bits per heavy atom. The second kappa shape index (κ2) is 5.42. The van der Waals surface area contributed by atoms with Crippen molar-refractivity contribution in [3.05, 3.63) is 59.9 Å². The van der Waals surface area contributed by atoms with E-state index >= 15 is 0 Å². The fraction of sp³-hybridized carbons (Fsp3) is 0.125. The van der Waals surface area contributed by atoms with Crippen LogP contribution in [0.5, 0.6) is 0 Å². The highest BCUT2D eigenvalue weighted by molar-refractivity contribution is 5.89. The quantitative estimate of drug-likeness (QED) is 0.675. The van der Waals surface area contributed by atoms with Gasteiger partial charge in [0, 0.05) is 11.8 Å². The Morgan fingerprint density at radius 3 is 2.43 bits per heavy atom. The maximum Gasteiger partial charge on any atom is 0.431 e. The molecule has 118 valence electrons. The van der Waals surface area contributed by atoms with Gasteiger partial charge in [0.05, 0.1) is 18.4 Å². The number of fused-ring (bicyclic) bond motifs is 1. The van der Waals surface area contributed by atoms with Crippen LogP contribution in [-0.4, -0.2) is 22.5 Å². The summed E-state index contributed by atoms with van der Waals surface area (Å²) in [4.78, 5) is 15.6. The number of benzene rings is 1. The smallest absolute Gasteiger partial charge is 0.431 e. The van der Waals surface area contributed by atoms with Crippen LogP contribution in [-0.2, 0) is 10.9 Å². The van der Waals surface area contributed by atoms with Crippen molar-refractivity contribution in [2.24, 2.45) is 0 Å². The van der Waals surface area contributed by atoms with Gasteiger partial charge in [-0.25, -0.2) is 9.78 Å². The highest BCUT2D eigenvalue weighted by Gasteiger charge is 2.33. The normalized spacial score (nSPS) is 11.7. The molecular weight excluding hydrogens is 309 g/mol. The Balaban J connectivity index is 2.06. The second-order valence-electron chi connectivity index (χ2n) is 4.83. The molecule has 0 aliphatic carbocycles. The summed E-state index contributed by atoms with van der Waals surface area (Å²) >= 11 is 0. The molecule has 2 heterocycles. The van der Waals surface area contributed by atoms with E-state index in [0.29, 0.717) is 16.8 Å². The molecule has 0 spiro atoms. The third-order valence-corrected chi connectivity index (χ3v) is 3.38. The van der Waals surface area contributed by atoms with Crippen molar-refractivity contribution in [1.29, 1.82) is 0 Å². The number of aromatic nitrogens is 2. The molecule has 23 heavy (non-hydrogen) atoms. The number of ether oxygens (including phenoxy) is 1. The average Bonchev–Trinajstić information content (AvgIpc) is 2.97. The molecule has 0 unspecified atom stereocenters. The standard InChI is InChI=1S/C16H11F3N2O2/c1-23-15(22)11-7-5-10(6-8-11)12-9-21-13(16(17,18)19)3-2-4-14(21)20-12/h2-9H,1H3. The number of alkyl halides is 3. The summed E-state index contributed by atoms with van der Waals surface area (Å²) in [5.74, 6) is -0.481. The van der Waals surface area contributed by atoms with Gasteiger partial charge >= 0.3 is 12.1 Å². The fourth-order valence-corrected chi connectivity index (χ4v) is 2.28. The van der Waals surface area contributed by atoms with Crippen molar-refractivity contribution < 1.29 is 22.7 Å². The predicted octanol–water partition coefficient (Wildman–Crippen LogP) is 3.81. The van der Waals surface area contributed by atoms with Crippen molar-refractivity contribution >= 4 is 11.6 Å². The van der Waals surface area contributed by atoms with Crippen molar-refractivity contribution in [2.45, 2.75) is 6.18 Å². The first-order valence-electron chi connectivity index (χ1n) is 6.64. The number of methoxy groups -OCH3 is 1. The van der Waals surface area contributed by atoms with Crippen LogP contribution in [0.2, 0.25) is 0 Å².